The topological polar surface area (TPSA) is 95.1 Å². The molecule has 0 aliphatic carbocycles. The summed E-state index contributed by atoms with van der Waals surface area (Å²) in [6.07, 6.45) is 0.994. The normalized spacial score (nSPS) is 12.0. The van der Waals surface area contributed by atoms with Crippen LogP contribution < -0.4 is 15.4 Å². The summed E-state index contributed by atoms with van der Waals surface area (Å²) in [6, 6.07) is 6.16. The van der Waals surface area contributed by atoms with Gasteiger partial charge >= 0.3 is 0 Å². The van der Waals surface area contributed by atoms with Gasteiger partial charge in [0.1, 0.15) is 0 Å². The van der Waals surface area contributed by atoms with Crippen LogP contribution in [0.25, 0.3) is 0 Å². The summed E-state index contributed by atoms with van der Waals surface area (Å²) in [4.78, 5) is 6.76. The molecule has 0 heterocycles. The number of nitrogens with zero attached hydrogens (tertiary/aromatic N) is 2. The minimum atomic E-state index is -3.59. The molecular formula is C18H33ClIN5O3S. The third-order valence-electron chi connectivity index (χ3n) is 3.80. The SMILES string of the molecule is CCNC(=NCCNS(=O)(=O)c1cccc(Cl)c1)NCCN(C)CCCOC.I. The first kappa shape index (κ1) is 28.3. The van der Waals surface area contributed by atoms with Crippen molar-refractivity contribution in [2.45, 2.75) is 18.2 Å². The molecule has 0 aliphatic rings. The average Bonchev–Trinajstić information content (AvgIpc) is 2.65. The number of guanidine groups is 1. The van der Waals surface area contributed by atoms with Crippen molar-refractivity contribution in [2.75, 3.05) is 60.0 Å². The first-order valence-corrected chi connectivity index (χ1v) is 11.2. The Labute approximate surface area is 196 Å². The molecule has 0 fully saturated rings. The minimum Gasteiger partial charge on any atom is -0.385 e. The van der Waals surface area contributed by atoms with Gasteiger partial charge in [-0.25, -0.2) is 13.1 Å². The number of hydrogen-bond acceptors (Lipinski definition) is 5. The van der Waals surface area contributed by atoms with Crippen LogP contribution in [0, 0.1) is 0 Å². The Morgan fingerprint density at radius 3 is 2.66 bits per heavy atom. The van der Waals surface area contributed by atoms with Crippen LogP contribution in [0.5, 0.6) is 0 Å². The van der Waals surface area contributed by atoms with Crippen LogP contribution in [0.4, 0.5) is 0 Å². The third-order valence-corrected chi connectivity index (χ3v) is 5.49. The quantitative estimate of drug-likeness (QED) is 0.147. The van der Waals surface area contributed by atoms with Crippen molar-refractivity contribution in [1.29, 1.82) is 0 Å². The third kappa shape index (κ3) is 12.6. The van der Waals surface area contributed by atoms with Crippen molar-refractivity contribution in [1.82, 2.24) is 20.3 Å². The van der Waals surface area contributed by atoms with Crippen LogP contribution in [0.1, 0.15) is 13.3 Å². The fraction of sp³-hybridized carbons (Fsp3) is 0.611. The van der Waals surface area contributed by atoms with Gasteiger partial charge in [0, 0.05) is 51.5 Å². The van der Waals surface area contributed by atoms with Gasteiger partial charge in [-0.1, -0.05) is 17.7 Å². The molecule has 0 aliphatic heterocycles. The van der Waals surface area contributed by atoms with Gasteiger partial charge in [-0.3, -0.25) is 4.99 Å². The van der Waals surface area contributed by atoms with Crippen molar-refractivity contribution in [2.24, 2.45) is 4.99 Å². The molecule has 29 heavy (non-hydrogen) atoms. The summed E-state index contributed by atoms with van der Waals surface area (Å²) in [5.41, 5.74) is 0. The van der Waals surface area contributed by atoms with Crippen molar-refractivity contribution in [3.8, 4) is 0 Å². The zero-order valence-electron chi connectivity index (χ0n) is 17.3. The van der Waals surface area contributed by atoms with Gasteiger partial charge in [-0.15, -0.1) is 24.0 Å². The van der Waals surface area contributed by atoms with Crippen molar-refractivity contribution >= 4 is 51.6 Å². The summed E-state index contributed by atoms with van der Waals surface area (Å²) < 4.78 is 32.1. The average molecular weight is 562 g/mol. The molecule has 11 heteroatoms. The molecule has 0 aromatic heterocycles. The highest BCUT2D eigenvalue weighted by molar-refractivity contribution is 14.0. The van der Waals surface area contributed by atoms with Crippen LogP contribution in [0.2, 0.25) is 5.02 Å². The lowest BCUT2D eigenvalue weighted by atomic mass is 10.4. The Hall–Kier alpha value is -0.660. The first-order valence-electron chi connectivity index (χ1n) is 9.34. The number of benzene rings is 1. The molecule has 0 bridgehead atoms. The Morgan fingerprint density at radius 2 is 2.00 bits per heavy atom. The lowest BCUT2D eigenvalue weighted by molar-refractivity contribution is 0.180. The van der Waals surface area contributed by atoms with E-state index in [0.717, 1.165) is 39.2 Å². The predicted molar refractivity (Wildman–Crippen MR) is 130 cm³/mol. The van der Waals surface area contributed by atoms with Crippen LogP contribution in [0.3, 0.4) is 0 Å². The van der Waals surface area contributed by atoms with Crippen LogP contribution >= 0.6 is 35.6 Å². The molecule has 3 N–H and O–H groups in total. The second-order valence-corrected chi connectivity index (χ2v) is 8.40. The number of hydrogen-bond donors (Lipinski definition) is 3. The summed E-state index contributed by atoms with van der Waals surface area (Å²) >= 11 is 5.85. The zero-order chi connectivity index (χ0) is 20.8. The van der Waals surface area contributed by atoms with E-state index in [9.17, 15) is 8.42 Å². The summed E-state index contributed by atoms with van der Waals surface area (Å²) in [6.45, 7) is 6.56. The first-order chi connectivity index (χ1) is 13.4. The molecule has 0 amide bonds. The van der Waals surface area contributed by atoms with E-state index in [1.165, 1.54) is 12.1 Å². The smallest absolute Gasteiger partial charge is 0.240 e. The van der Waals surface area contributed by atoms with Crippen LogP contribution in [-0.2, 0) is 14.8 Å². The number of likely N-dealkylation sites (N-methyl/N-ethyl adjacent to an activating group) is 1. The molecule has 0 saturated heterocycles. The molecule has 1 rings (SSSR count). The molecular weight excluding hydrogens is 529 g/mol. The fourth-order valence-electron chi connectivity index (χ4n) is 2.36. The zero-order valence-corrected chi connectivity index (χ0v) is 21.2. The van der Waals surface area contributed by atoms with E-state index in [1.54, 1.807) is 19.2 Å². The maximum atomic E-state index is 12.2. The second kappa shape index (κ2) is 16.1. The Bertz CT molecular complexity index is 706. The van der Waals surface area contributed by atoms with Gasteiger partial charge in [0.2, 0.25) is 10.0 Å². The highest BCUT2D eigenvalue weighted by Gasteiger charge is 2.13. The van der Waals surface area contributed by atoms with Gasteiger partial charge in [0.25, 0.3) is 0 Å². The molecule has 0 saturated carbocycles. The van der Waals surface area contributed by atoms with E-state index in [4.69, 9.17) is 16.3 Å². The van der Waals surface area contributed by atoms with E-state index in [1.807, 2.05) is 6.92 Å². The summed E-state index contributed by atoms with van der Waals surface area (Å²) in [7, 11) is 0.172. The van der Waals surface area contributed by atoms with E-state index in [2.05, 4.69) is 32.3 Å². The number of rotatable bonds is 13. The minimum absolute atomic E-state index is 0. The highest BCUT2D eigenvalue weighted by atomic mass is 127. The van der Waals surface area contributed by atoms with Gasteiger partial charge < -0.3 is 20.3 Å². The van der Waals surface area contributed by atoms with E-state index < -0.39 is 10.0 Å². The molecule has 1 aromatic rings. The standard InChI is InChI=1S/C18H32ClN5O3S.HI/c1-4-20-18(22-11-13-24(2)12-6-14-27-3)21-9-10-23-28(25,26)17-8-5-7-16(19)15-17;/h5,7-8,15,23H,4,6,9-14H2,1-3H3,(H2,20,21,22);1H. The molecule has 8 nitrogen and oxygen atoms in total. The van der Waals surface area contributed by atoms with Gasteiger partial charge in [0.05, 0.1) is 11.4 Å². The maximum Gasteiger partial charge on any atom is 0.240 e. The lowest BCUT2D eigenvalue weighted by Gasteiger charge is -2.18. The monoisotopic (exact) mass is 561 g/mol. The fourth-order valence-corrected chi connectivity index (χ4v) is 3.68. The highest BCUT2D eigenvalue weighted by Crippen LogP contribution is 2.14. The molecule has 168 valence electrons. The van der Waals surface area contributed by atoms with Gasteiger partial charge in [-0.2, -0.15) is 0 Å². The molecule has 0 spiro atoms. The number of nitrogens with one attached hydrogen (secondary N) is 3. The predicted octanol–water partition coefficient (Wildman–Crippen LogP) is 1.76. The van der Waals surface area contributed by atoms with E-state index >= 15 is 0 Å². The second-order valence-electron chi connectivity index (χ2n) is 6.19. The molecule has 0 radical (unpaired) electrons. The van der Waals surface area contributed by atoms with Gasteiger partial charge in [-0.05, 0) is 38.6 Å². The van der Waals surface area contributed by atoms with Gasteiger partial charge in [0.15, 0.2) is 5.96 Å². The molecule has 0 atom stereocenters. The largest absolute Gasteiger partial charge is 0.385 e. The lowest BCUT2D eigenvalue weighted by Crippen LogP contribution is -2.41. The Morgan fingerprint density at radius 1 is 1.24 bits per heavy atom. The number of ether oxygens (including phenoxy) is 1. The van der Waals surface area contributed by atoms with Crippen molar-refractivity contribution in [3.05, 3.63) is 29.3 Å². The Kier molecular flexibility index (Phi) is 15.7. The van der Waals surface area contributed by atoms with Crippen molar-refractivity contribution < 1.29 is 13.2 Å². The number of aliphatic imine (C=N–C) groups is 1. The number of methoxy groups -OCH3 is 1. The number of sulfonamides is 1. The summed E-state index contributed by atoms with van der Waals surface area (Å²) in [5.74, 6) is 0.662. The number of halogens is 2. The van der Waals surface area contributed by atoms with E-state index in [-0.39, 0.29) is 35.4 Å². The molecule has 1 aromatic carbocycles. The van der Waals surface area contributed by atoms with Crippen LogP contribution in [-0.4, -0.2) is 79.3 Å². The van der Waals surface area contributed by atoms with Crippen LogP contribution in [0.15, 0.2) is 34.2 Å². The maximum absolute atomic E-state index is 12.2. The summed E-state index contributed by atoms with van der Waals surface area (Å²) in [5, 5.41) is 6.78. The van der Waals surface area contributed by atoms with Crippen molar-refractivity contribution in [3.63, 3.8) is 0 Å². The Balaban J connectivity index is 0.00000784. The van der Waals surface area contributed by atoms with E-state index in [0.29, 0.717) is 17.5 Å². The molecule has 0 unspecified atom stereocenters.